The second kappa shape index (κ2) is 10.2. The highest BCUT2D eigenvalue weighted by molar-refractivity contribution is 7.89. The standard InChI is InChI=1S/C24H26N2O4S/c1-18(20-9-5-3-6-10-20)25-24(27)17-30-22-13-15-23(16-14-22)31(28,29)26-19(2)21-11-7-4-8-12-21/h3-16,18-19,26H,17H2,1-2H3,(H,25,27)/t18-,19-/m0/s1. The van der Waals surface area contributed by atoms with Gasteiger partial charge in [0.1, 0.15) is 5.75 Å². The number of hydrogen-bond acceptors (Lipinski definition) is 4. The second-order valence-electron chi connectivity index (χ2n) is 7.21. The van der Waals surface area contributed by atoms with Gasteiger partial charge in [0.25, 0.3) is 5.91 Å². The Morgan fingerprint density at radius 3 is 1.87 bits per heavy atom. The van der Waals surface area contributed by atoms with Gasteiger partial charge in [-0.1, -0.05) is 60.7 Å². The lowest BCUT2D eigenvalue weighted by molar-refractivity contribution is -0.123. The highest BCUT2D eigenvalue weighted by atomic mass is 32.2. The summed E-state index contributed by atoms with van der Waals surface area (Å²) in [6.45, 7) is 3.53. The van der Waals surface area contributed by atoms with Crippen molar-refractivity contribution in [3.63, 3.8) is 0 Å². The predicted octanol–water partition coefficient (Wildman–Crippen LogP) is 3.98. The number of sulfonamides is 1. The lowest BCUT2D eigenvalue weighted by Crippen LogP contribution is -2.31. The van der Waals surface area contributed by atoms with Gasteiger partial charge in [-0.3, -0.25) is 4.79 Å². The molecule has 0 fully saturated rings. The number of rotatable bonds is 9. The number of benzene rings is 3. The number of hydrogen-bond donors (Lipinski definition) is 2. The zero-order valence-electron chi connectivity index (χ0n) is 17.5. The molecule has 3 aromatic rings. The molecule has 162 valence electrons. The minimum Gasteiger partial charge on any atom is -0.484 e. The Hall–Kier alpha value is -3.16. The average Bonchev–Trinajstić information content (AvgIpc) is 2.79. The minimum atomic E-state index is -3.69. The first kappa shape index (κ1) is 22.5. The van der Waals surface area contributed by atoms with Crippen molar-refractivity contribution in [2.24, 2.45) is 0 Å². The second-order valence-corrected chi connectivity index (χ2v) is 8.93. The van der Waals surface area contributed by atoms with E-state index < -0.39 is 10.0 Å². The molecule has 3 aromatic carbocycles. The molecular formula is C24H26N2O4S. The van der Waals surface area contributed by atoms with E-state index in [1.807, 2.05) is 67.6 Å². The quantitative estimate of drug-likeness (QED) is 0.529. The molecule has 2 N–H and O–H groups in total. The maximum atomic E-state index is 12.6. The molecule has 0 aliphatic heterocycles. The molecule has 3 rings (SSSR count). The maximum Gasteiger partial charge on any atom is 0.258 e. The van der Waals surface area contributed by atoms with E-state index >= 15 is 0 Å². The van der Waals surface area contributed by atoms with Crippen LogP contribution in [0.15, 0.2) is 89.8 Å². The Morgan fingerprint density at radius 1 is 0.806 bits per heavy atom. The first-order chi connectivity index (χ1) is 14.8. The maximum absolute atomic E-state index is 12.6. The molecule has 0 aliphatic carbocycles. The van der Waals surface area contributed by atoms with Crippen molar-refractivity contribution in [1.82, 2.24) is 10.0 Å². The van der Waals surface area contributed by atoms with Crippen molar-refractivity contribution >= 4 is 15.9 Å². The van der Waals surface area contributed by atoms with E-state index in [1.165, 1.54) is 24.3 Å². The Morgan fingerprint density at radius 2 is 1.32 bits per heavy atom. The van der Waals surface area contributed by atoms with Crippen LogP contribution in [0.25, 0.3) is 0 Å². The monoisotopic (exact) mass is 438 g/mol. The summed E-state index contributed by atoms with van der Waals surface area (Å²) in [6.07, 6.45) is 0. The minimum absolute atomic E-state index is 0.129. The fraction of sp³-hybridized carbons (Fsp3) is 0.208. The average molecular weight is 439 g/mol. The van der Waals surface area contributed by atoms with Gasteiger partial charge in [0.15, 0.2) is 6.61 Å². The zero-order valence-corrected chi connectivity index (χ0v) is 18.3. The molecule has 0 aromatic heterocycles. The van der Waals surface area contributed by atoms with E-state index in [4.69, 9.17) is 4.74 Å². The molecule has 0 spiro atoms. The molecule has 0 saturated heterocycles. The molecular weight excluding hydrogens is 412 g/mol. The number of carbonyl (C=O) groups excluding carboxylic acids is 1. The van der Waals surface area contributed by atoms with Crippen molar-refractivity contribution in [2.75, 3.05) is 6.61 Å². The lowest BCUT2D eigenvalue weighted by atomic mass is 10.1. The van der Waals surface area contributed by atoms with Crippen LogP contribution in [0.4, 0.5) is 0 Å². The van der Waals surface area contributed by atoms with E-state index in [9.17, 15) is 13.2 Å². The third kappa shape index (κ3) is 6.41. The largest absolute Gasteiger partial charge is 0.484 e. The number of carbonyl (C=O) groups is 1. The molecule has 1 amide bonds. The SMILES string of the molecule is C[C@H](NC(=O)COc1ccc(S(=O)(=O)N[C@@H](C)c2ccccc2)cc1)c1ccccc1. The van der Waals surface area contributed by atoms with Gasteiger partial charge in [0.2, 0.25) is 10.0 Å². The Balaban J connectivity index is 1.54. The Kier molecular flexibility index (Phi) is 7.44. The van der Waals surface area contributed by atoms with Crippen LogP contribution in [0.2, 0.25) is 0 Å². The molecule has 0 unspecified atom stereocenters. The van der Waals surface area contributed by atoms with Crippen LogP contribution in [-0.2, 0) is 14.8 Å². The van der Waals surface area contributed by atoms with Gasteiger partial charge in [-0.15, -0.1) is 0 Å². The van der Waals surface area contributed by atoms with Crippen LogP contribution in [0, 0.1) is 0 Å². The zero-order chi connectivity index (χ0) is 22.3. The first-order valence-electron chi connectivity index (χ1n) is 9.99. The Bertz CT molecular complexity index is 1090. The molecule has 0 aliphatic rings. The highest BCUT2D eigenvalue weighted by Crippen LogP contribution is 2.19. The summed E-state index contributed by atoms with van der Waals surface area (Å²) >= 11 is 0. The molecule has 0 bridgehead atoms. The number of nitrogens with one attached hydrogen (secondary N) is 2. The Labute approximate surface area is 183 Å². The molecule has 31 heavy (non-hydrogen) atoms. The van der Waals surface area contributed by atoms with Crippen molar-refractivity contribution in [3.05, 3.63) is 96.1 Å². The van der Waals surface area contributed by atoms with E-state index in [1.54, 1.807) is 6.92 Å². The first-order valence-corrected chi connectivity index (χ1v) is 11.5. The smallest absolute Gasteiger partial charge is 0.258 e. The van der Waals surface area contributed by atoms with Gasteiger partial charge in [-0.25, -0.2) is 13.1 Å². The molecule has 7 heteroatoms. The summed E-state index contributed by atoms with van der Waals surface area (Å²) in [5.41, 5.74) is 1.88. The van der Waals surface area contributed by atoms with E-state index in [-0.39, 0.29) is 29.5 Å². The lowest BCUT2D eigenvalue weighted by Gasteiger charge is -2.15. The van der Waals surface area contributed by atoms with Crippen molar-refractivity contribution in [3.8, 4) is 5.75 Å². The third-order valence-electron chi connectivity index (χ3n) is 4.81. The van der Waals surface area contributed by atoms with Gasteiger partial charge in [0.05, 0.1) is 10.9 Å². The molecule has 0 saturated carbocycles. The fourth-order valence-corrected chi connectivity index (χ4v) is 4.31. The van der Waals surface area contributed by atoms with Crippen LogP contribution >= 0.6 is 0 Å². The summed E-state index contributed by atoms with van der Waals surface area (Å²) in [6, 6.07) is 24.5. The van der Waals surface area contributed by atoms with Crippen LogP contribution < -0.4 is 14.8 Å². The third-order valence-corrected chi connectivity index (χ3v) is 6.37. The van der Waals surface area contributed by atoms with Gasteiger partial charge in [-0.05, 0) is 49.2 Å². The predicted molar refractivity (Wildman–Crippen MR) is 120 cm³/mol. The highest BCUT2D eigenvalue weighted by Gasteiger charge is 2.18. The van der Waals surface area contributed by atoms with Crippen LogP contribution in [0.5, 0.6) is 5.75 Å². The summed E-state index contributed by atoms with van der Waals surface area (Å²) in [5, 5.41) is 2.87. The molecule has 6 nitrogen and oxygen atoms in total. The summed E-state index contributed by atoms with van der Waals surface area (Å²) in [7, 11) is -3.69. The molecule has 2 atom stereocenters. The van der Waals surface area contributed by atoms with Crippen LogP contribution in [0.3, 0.4) is 0 Å². The van der Waals surface area contributed by atoms with Crippen molar-refractivity contribution in [1.29, 1.82) is 0 Å². The van der Waals surface area contributed by atoms with Crippen LogP contribution in [-0.4, -0.2) is 20.9 Å². The normalized spacial score (nSPS) is 13.2. The number of ether oxygens (including phenoxy) is 1. The van der Waals surface area contributed by atoms with Crippen LogP contribution in [0.1, 0.15) is 37.1 Å². The summed E-state index contributed by atoms with van der Waals surface area (Å²) < 4.78 is 33.4. The van der Waals surface area contributed by atoms with Crippen molar-refractivity contribution < 1.29 is 17.9 Å². The van der Waals surface area contributed by atoms with E-state index in [2.05, 4.69) is 10.0 Å². The van der Waals surface area contributed by atoms with Gasteiger partial charge < -0.3 is 10.1 Å². The summed E-state index contributed by atoms with van der Waals surface area (Å²) in [4.78, 5) is 12.3. The van der Waals surface area contributed by atoms with Gasteiger partial charge in [0, 0.05) is 6.04 Å². The van der Waals surface area contributed by atoms with Gasteiger partial charge in [-0.2, -0.15) is 0 Å². The molecule has 0 heterocycles. The molecule has 0 radical (unpaired) electrons. The van der Waals surface area contributed by atoms with Gasteiger partial charge >= 0.3 is 0 Å². The van der Waals surface area contributed by atoms with E-state index in [0.29, 0.717) is 5.75 Å². The van der Waals surface area contributed by atoms with E-state index in [0.717, 1.165) is 11.1 Å². The van der Waals surface area contributed by atoms with Crippen molar-refractivity contribution in [2.45, 2.75) is 30.8 Å². The summed E-state index contributed by atoms with van der Waals surface area (Å²) in [5.74, 6) is 0.156. The topological polar surface area (TPSA) is 84.5 Å². The fourth-order valence-electron chi connectivity index (χ4n) is 3.08. The number of amides is 1.